The first-order valence-corrected chi connectivity index (χ1v) is 6.69. The van der Waals surface area contributed by atoms with Gasteiger partial charge in [0.15, 0.2) is 0 Å². The Bertz CT molecular complexity index is 840. The Morgan fingerprint density at radius 3 is 2.57 bits per heavy atom. The number of fused-ring (bicyclic) bond motifs is 1. The molecule has 1 N–H and O–H groups in total. The van der Waals surface area contributed by atoms with Crippen molar-refractivity contribution in [2.75, 3.05) is 5.32 Å². The zero-order valence-electron chi connectivity index (χ0n) is 11.3. The average molecular weight is 341 g/mol. The van der Waals surface area contributed by atoms with Crippen LogP contribution < -0.4 is 10.1 Å². The van der Waals surface area contributed by atoms with E-state index in [9.17, 15) is 13.2 Å². The fourth-order valence-corrected chi connectivity index (χ4v) is 2.07. The van der Waals surface area contributed by atoms with Crippen molar-refractivity contribution in [3.05, 3.63) is 47.7 Å². The van der Waals surface area contributed by atoms with Crippen LogP contribution in [0, 0.1) is 0 Å². The number of alkyl halides is 3. The zero-order chi connectivity index (χ0) is 16.4. The van der Waals surface area contributed by atoms with Crippen molar-refractivity contribution in [1.82, 2.24) is 15.0 Å². The number of pyridine rings is 1. The standard InChI is InChI=1S/C14H8ClF3N4O/c15-10-3-1-2-8-6-20-13(22-12(8)10)21-11-5-4-9(7-19-11)23-14(16,17)18/h1-7H,(H,19,20,21,22). The molecule has 0 amide bonds. The van der Waals surface area contributed by atoms with E-state index in [0.717, 1.165) is 17.6 Å². The van der Waals surface area contributed by atoms with E-state index in [1.165, 1.54) is 6.07 Å². The monoisotopic (exact) mass is 340 g/mol. The van der Waals surface area contributed by atoms with E-state index in [1.807, 2.05) is 6.07 Å². The first-order chi connectivity index (χ1) is 10.9. The van der Waals surface area contributed by atoms with E-state index in [1.54, 1.807) is 18.3 Å². The van der Waals surface area contributed by atoms with Gasteiger partial charge < -0.3 is 10.1 Å². The third-order valence-corrected chi connectivity index (χ3v) is 3.08. The van der Waals surface area contributed by atoms with E-state index in [0.29, 0.717) is 10.5 Å². The molecule has 0 aliphatic heterocycles. The molecule has 0 saturated heterocycles. The molecule has 0 aliphatic carbocycles. The highest BCUT2D eigenvalue weighted by atomic mass is 35.5. The van der Waals surface area contributed by atoms with Gasteiger partial charge in [0.2, 0.25) is 5.95 Å². The molecular formula is C14H8ClF3N4O. The van der Waals surface area contributed by atoms with Gasteiger partial charge in [-0.1, -0.05) is 23.7 Å². The molecule has 9 heteroatoms. The van der Waals surface area contributed by atoms with Crippen LogP contribution in [0.2, 0.25) is 5.02 Å². The maximum Gasteiger partial charge on any atom is 0.573 e. The van der Waals surface area contributed by atoms with Gasteiger partial charge in [0, 0.05) is 11.6 Å². The highest BCUT2D eigenvalue weighted by molar-refractivity contribution is 6.35. The smallest absolute Gasteiger partial charge is 0.404 e. The minimum atomic E-state index is -4.76. The predicted octanol–water partition coefficient (Wildman–Crippen LogP) is 4.32. The van der Waals surface area contributed by atoms with Crippen LogP contribution in [-0.2, 0) is 0 Å². The van der Waals surface area contributed by atoms with Gasteiger partial charge in [-0.15, -0.1) is 13.2 Å². The predicted molar refractivity (Wildman–Crippen MR) is 78.8 cm³/mol. The summed E-state index contributed by atoms with van der Waals surface area (Å²) >= 11 is 6.06. The molecule has 23 heavy (non-hydrogen) atoms. The molecule has 5 nitrogen and oxygen atoms in total. The summed E-state index contributed by atoms with van der Waals surface area (Å²) in [4.78, 5) is 12.2. The Morgan fingerprint density at radius 2 is 1.87 bits per heavy atom. The van der Waals surface area contributed by atoms with Crippen molar-refractivity contribution < 1.29 is 17.9 Å². The molecule has 118 valence electrons. The summed E-state index contributed by atoms with van der Waals surface area (Å²) in [6, 6.07) is 7.74. The number of hydrogen-bond acceptors (Lipinski definition) is 5. The Labute approximate surface area is 133 Å². The van der Waals surface area contributed by atoms with Gasteiger partial charge in [0.25, 0.3) is 0 Å². The molecule has 0 atom stereocenters. The molecule has 3 aromatic rings. The van der Waals surface area contributed by atoms with Crippen molar-refractivity contribution >= 4 is 34.3 Å². The van der Waals surface area contributed by atoms with Crippen molar-refractivity contribution in [3.63, 3.8) is 0 Å². The van der Waals surface area contributed by atoms with Crippen LogP contribution in [0.5, 0.6) is 5.75 Å². The highest BCUT2D eigenvalue weighted by Gasteiger charge is 2.31. The van der Waals surface area contributed by atoms with E-state index in [2.05, 4.69) is 25.0 Å². The second kappa shape index (κ2) is 5.88. The summed E-state index contributed by atoms with van der Waals surface area (Å²) in [5.74, 6) is 0.0824. The lowest BCUT2D eigenvalue weighted by Gasteiger charge is -2.09. The summed E-state index contributed by atoms with van der Waals surface area (Å²) in [7, 11) is 0. The van der Waals surface area contributed by atoms with Crippen LogP contribution in [0.25, 0.3) is 10.9 Å². The van der Waals surface area contributed by atoms with E-state index in [4.69, 9.17) is 11.6 Å². The highest BCUT2D eigenvalue weighted by Crippen LogP contribution is 2.24. The topological polar surface area (TPSA) is 59.9 Å². The molecule has 2 aromatic heterocycles. The first kappa shape index (κ1) is 15.3. The number of aromatic nitrogens is 3. The summed E-state index contributed by atoms with van der Waals surface area (Å²) in [5, 5.41) is 4.02. The third-order valence-electron chi connectivity index (χ3n) is 2.77. The van der Waals surface area contributed by atoms with Crippen molar-refractivity contribution in [2.45, 2.75) is 6.36 Å². The van der Waals surface area contributed by atoms with Gasteiger partial charge in [0.05, 0.1) is 16.7 Å². The summed E-state index contributed by atoms with van der Waals surface area (Å²) in [6.07, 6.45) is -2.23. The molecule has 0 radical (unpaired) electrons. The van der Waals surface area contributed by atoms with Gasteiger partial charge >= 0.3 is 6.36 Å². The number of para-hydroxylation sites is 1. The second-order valence-corrected chi connectivity index (χ2v) is 4.83. The normalized spacial score (nSPS) is 11.5. The number of hydrogen-bond donors (Lipinski definition) is 1. The van der Waals surface area contributed by atoms with Gasteiger partial charge in [-0.3, -0.25) is 0 Å². The van der Waals surface area contributed by atoms with E-state index in [-0.39, 0.29) is 11.8 Å². The fraction of sp³-hybridized carbons (Fsp3) is 0.0714. The molecule has 0 spiro atoms. The number of nitrogens with zero attached hydrogens (tertiary/aromatic N) is 3. The van der Waals surface area contributed by atoms with Gasteiger partial charge in [-0.05, 0) is 18.2 Å². The van der Waals surface area contributed by atoms with E-state index < -0.39 is 12.1 Å². The fourth-order valence-electron chi connectivity index (χ4n) is 1.84. The number of anilines is 2. The minimum absolute atomic E-state index is 0.225. The number of benzene rings is 1. The maximum atomic E-state index is 12.1. The van der Waals surface area contributed by atoms with Crippen molar-refractivity contribution in [2.24, 2.45) is 0 Å². The second-order valence-electron chi connectivity index (χ2n) is 4.42. The molecule has 0 saturated carbocycles. The Hall–Kier alpha value is -2.61. The molecule has 3 rings (SSSR count). The largest absolute Gasteiger partial charge is 0.573 e. The van der Waals surface area contributed by atoms with Crippen LogP contribution in [0.3, 0.4) is 0 Å². The maximum absolute atomic E-state index is 12.1. The number of nitrogens with one attached hydrogen (secondary N) is 1. The SMILES string of the molecule is FC(F)(F)Oc1ccc(Nc2ncc3cccc(Cl)c3n2)nc1. The average Bonchev–Trinajstić information content (AvgIpc) is 2.49. The van der Waals surface area contributed by atoms with Crippen LogP contribution in [-0.4, -0.2) is 21.3 Å². The lowest BCUT2D eigenvalue weighted by Crippen LogP contribution is -2.17. The summed E-state index contributed by atoms with van der Waals surface area (Å²) in [6.45, 7) is 0. The minimum Gasteiger partial charge on any atom is -0.404 e. The summed E-state index contributed by atoms with van der Waals surface area (Å²) in [5.41, 5.74) is 0.559. The van der Waals surface area contributed by atoms with Gasteiger partial charge in [-0.25, -0.2) is 15.0 Å². The molecule has 0 aliphatic rings. The Kier molecular flexibility index (Phi) is 3.91. The molecule has 1 aromatic carbocycles. The quantitative estimate of drug-likeness (QED) is 0.769. The Morgan fingerprint density at radius 1 is 1.04 bits per heavy atom. The molecule has 0 fully saturated rings. The lowest BCUT2D eigenvalue weighted by molar-refractivity contribution is -0.274. The van der Waals surface area contributed by atoms with Gasteiger partial charge in [0.1, 0.15) is 11.6 Å². The number of rotatable bonds is 3. The molecule has 0 bridgehead atoms. The third kappa shape index (κ3) is 3.78. The number of ether oxygens (including phenoxy) is 1. The van der Waals surface area contributed by atoms with Crippen LogP contribution >= 0.6 is 11.6 Å². The van der Waals surface area contributed by atoms with Crippen LogP contribution in [0.4, 0.5) is 24.9 Å². The van der Waals surface area contributed by atoms with Crippen molar-refractivity contribution in [3.8, 4) is 5.75 Å². The zero-order valence-corrected chi connectivity index (χ0v) is 12.1. The van der Waals surface area contributed by atoms with Crippen LogP contribution in [0.1, 0.15) is 0 Å². The number of halogens is 4. The van der Waals surface area contributed by atoms with E-state index >= 15 is 0 Å². The first-order valence-electron chi connectivity index (χ1n) is 6.31. The Balaban J connectivity index is 1.80. The van der Waals surface area contributed by atoms with Crippen LogP contribution in [0.15, 0.2) is 42.7 Å². The van der Waals surface area contributed by atoms with Gasteiger partial charge in [-0.2, -0.15) is 0 Å². The van der Waals surface area contributed by atoms with Crippen molar-refractivity contribution in [1.29, 1.82) is 0 Å². The molecular weight excluding hydrogens is 333 g/mol. The lowest BCUT2D eigenvalue weighted by atomic mass is 10.2. The molecule has 0 unspecified atom stereocenters. The summed E-state index contributed by atoms with van der Waals surface area (Å²) < 4.78 is 40.0. The molecule has 2 heterocycles.